The second kappa shape index (κ2) is 9.58. The van der Waals surface area contributed by atoms with Crippen LogP contribution in [0, 0.1) is 13.8 Å². The van der Waals surface area contributed by atoms with Crippen molar-refractivity contribution in [2.45, 2.75) is 26.9 Å². The average Bonchev–Trinajstić information content (AvgIpc) is 3.14. The molecule has 0 radical (unpaired) electrons. The lowest BCUT2D eigenvalue weighted by Gasteiger charge is -2.26. The number of ether oxygens (including phenoxy) is 1. The van der Waals surface area contributed by atoms with E-state index in [-0.39, 0.29) is 5.91 Å². The molecule has 2 N–H and O–H groups in total. The van der Waals surface area contributed by atoms with E-state index in [1.807, 2.05) is 19.1 Å². The Balaban J connectivity index is 1.40. The molecule has 2 heterocycles. The molecule has 6 nitrogen and oxygen atoms in total. The van der Waals surface area contributed by atoms with Gasteiger partial charge in [-0.3, -0.25) is 4.79 Å². The molecule has 1 amide bonds. The fraction of sp³-hybridized carbons (Fsp3) is 0.476. The van der Waals surface area contributed by atoms with Crippen molar-refractivity contribution in [2.24, 2.45) is 0 Å². The fourth-order valence-electron chi connectivity index (χ4n) is 3.21. The highest BCUT2D eigenvalue weighted by Gasteiger charge is 2.12. The molecule has 27 heavy (non-hydrogen) atoms. The minimum atomic E-state index is -0.173. The van der Waals surface area contributed by atoms with Gasteiger partial charge >= 0.3 is 0 Å². The van der Waals surface area contributed by atoms with Crippen molar-refractivity contribution in [1.29, 1.82) is 0 Å². The van der Waals surface area contributed by atoms with Crippen LogP contribution in [0.5, 0.6) is 5.75 Å². The van der Waals surface area contributed by atoms with Gasteiger partial charge in [-0.25, -0.2) is 0 Å². The summed E-state index contributed by atoms with van der Waals surface area (Å²) in [7, 11) is 0. The van der Waals surface area contributed by atoms with Crippen LogP contribution in [0.25, 0.3) is 0 Å². The molecule has 2 aromatic rings. The van der Waals surface area contributed by atoms with Crippen LogP contribution in [0.15, 0.2) is 34.7 Å². The summed E-state index contributed by atoms with van der Waals surface area (Å²) in [5.41, 5.74) is 2.29. The molecule has 0 atom stereocenters. The highest BCUT2D eigenvalue weighted by Crippen LogP contribution is 2.20. The first-order valence-electron chi connectivity index (χ1n) is 9.62. The van der Waals surface area contributed by atoms with Gasteiger partial charge in [0.25, 0.3) is 5.91 Å². The first-order chi connectivity index (χ1) is 13.1. The Bertz CT molecular complexity index is 751. The fourth-order valence-corrected chi connectivity index (χ4v) is 3.21. The van der Waals surface area contributed by atoms with E-state index >= 15 is 0 Å². The number of nitrogens with zero attached hydrogens (tertiary/aromatic N) is 1. The highest BCUT2D eigenvalue weighted by molar-refractivity contribution is 5.91. The normalized spacial score (nSPS) is 14.9. The van der Waals surface area contributed by atoms with Gasteiger partial charge in [-0.1, -0.05) is 17.7 Å². The topological polar surface area (TPSA) is 66.7 Å². The maximum absolute atomic E-state index is 12.2. The molecule has 0 bridgehead atoms. The number of aryl methyl sites for hydroxylation is 2. The molecule has 0 saturated carbocycles. The van der Waals surface area contributed by atoms with Crippen LogP contribution in [0.2, 0.25) is 0 Å². The Labute approximate surface area is 160 Å². The molecule has 1 aliphatic heterocycles. The molecule has 1 aliphatic rings. The Morgan fingerprint density at radius 3 is 2.81 bits per heavy atom. The van der Waals surface area contributed by atoms with Crippen molar-refractivity contribution < 1.29 is 13.9 Å². The van der Waals surface area contributed by atoms with Crippen LogP contribution in [0.3, 0.4) is 0 Å². The van der Waals surface area contributed by atoms with Crippen molar-refractivity contribution in [2.75, 3.05) is 39.3 Å². The van der Waals surface area contributed by atoms with Gasteiger partial charge in [0.2, 0.25) is 0 Å². The second-order valence-corrected chi connectivity index (χ2v) is 7.02. The number of rotatable bonds is 8. The molecule has 0 aliphatic carbocycles. The lowest BCUT2D eigenvalue weighted by Crippen LogP contribution is -2.44. The smallest absolute Gasteiger partial charge is 0.286 e. The van der Waals surface area contributed by atoms with Crippen molar-refractivity contribution in [3.05, 3.63) is 53.0 Å². The lowest BCUT2D eigenvalue weighted by atomic mass is 10.1. The van der Waals surface area contributed by atoms with E-state index in [1.165, 1.54) is 5.56 Å². The highest BCUT2D eigenvalue weighted by atomic mass is 16.5. The summed E-state index contributed by atoms with van der Waals surface area (Å²) < 4.78 is 11.4. The van der Waals surface area contributed by atoms with E-state index in [9.17, 15) is 4.79 Å². The number of amides is 1. The van der Waals surface area contributed by atoms with Crippen LogP contribution in [-0.4, -0.2) is 50.1 Å². The molecule has 146 valence electrons. The average molecular weight is 371 g/mol. The van der Waals surface area contributed by atoms with Crippen molar-refractivity contribution in [1.82, 2.24) is 15.5 Å². The third kappa shape index (κ3) is 5.84. The molecule has 0 spiro atoms. The van der Waals surface area contributed by atoms with Gasteiger partial charge in [0.05, 0.1) is 0 Å². The number of carbonyl (C=O) groups excluding carboxylic acids is 1. The van der Waals surface area contributed by atoms with Crippen molar-refractivity contribution >= 4 is 5.91 Å². The van der Waals surface area contributed by atoms with Crippen LogP contribution < -0.4 is 15.4 Å². The van der Waals surface area contributed by atoms with E-state index in [0.29, 0.717) is 24.7 Å². The number of benzene rings is 1. The zero-order valence-corrected chi connectivity index (χ0v) is 16.2. The number of hydrogen-bond acceptors (Lipinski definition) is 5. The summed E-state index contributed by atoms with van der Waals surface area (Å²) in [6, 6.07) is 9.55. The number of hydrogen-bond donors (Lipinski definition) is 2. The van der Waals surface area contributed by atoms with Crippen LogP contribution >= 0.6 is 0 Å². The zero-order chi connectivity index (χ0) is 19.1. The summed E-state index contributed by atoms with van der Waals surface area (Å²) in [4.78, 5) is 14.6. The first kappa shape index (κ1) is 19.5. The van der Waals surface area contributed by atoms with Gasteiger partial charge < -0.3 is 24.7 Å². The summed E-state index contributed by atoms with van der Waals surface area (Å²) in [5.74, 6) is 1.63. The third-order valence-corrected chi connectivity index (χ3v) is 4.73. The minimum Gasteiger partial charge on any atom is -0.485 e. The van der Waals surface area contributed by atoms with Gasteiger partial charge in [0, 0.05) is 32.7 Å². The SMILES string of the molecule is Cc1ccc(OCc2ccc(C(=O)NCCCN3CCNCC3)o2)c(C)c1. The molecule has 1 aromatic heterocycles. The Hall–Kier alpha value is -2.31. The number of carbonyl (C=O) groups is 1. The molecular formula is C21H29N3O3. The van der Waals surface area contributed by atoms with Crippen LogP contribution in [-0.2, 0) is 6.61 Å². The number of nitrogens with one attached hydrogen (secondary N) is 2. The second-order valence-electron chi connectivity index (χ2n) is 7.02. The molecule has 1 aromatic carbocycles. The first-order valence-corrected chi connectivity index (χ1v) is 9.62. The molecule has 1 saturated heterocycles. The Morgan fingerprint density at radius 2 is 2.04 bits per heavy atom. The summed E-state index contributed by atoms with van der Waals surface area (Å²) >= 11 is 0. The van der Waals surface area contributed by atoms with Gasteiger partial charge in [-0.05, 0) is 50.6 Å². The molecule has 3 rings (SSSR count). The van der Waals surface area contributed by atoms with E-state index in [1.54, 1.807) is 12.1 Å². The van der Waals surface area contributed by atoms with Crippen molar-refractivity contribution in [3.8, 4) is 5.75 Å². The van der Waals surface area contributed by atoms with E-state index in [4.69, 9.17) is 9.15 Å². The van der Waals surface area contributed by atoms with Crippen molar-refractivity contribution in [3.63, 3.8) is 0 Å². The quantitative estimate of drug-likeness (QED) is 0.698. The van der Waals surface area contributed by atoms with Gasteiger partial charge in [-0.2, -0.15) is 0 Å². The third-order valence-electron chi connectivity index (χ3n) is 4.73. The predicted molar refractivity (Wildman–Crippen MR) is 105 cm³/mol. The van der Waals surface area contributed by atoms with Gasteiger partial charge in [0.1, 0.15) is 18.1 Å². The Kier molecular flexibility index (Phi) is 6.90. The largest absolute Gasteiger partial charge is 0.485 e. The molecule has 1 fully saturated rings. The molecular weight excluding hydrogens is 342 g/mol. The summed E-state index contributed by atoms with van der Waals surface area (Å²) in [6.45, 7) is 10.3. The Morgan fingerprint density at radius 1 is 1.22 bits per heavy atom. The molecule has 6 heteroatoms. The summed E-state index contributed by atoms with van der Waals surface area (Å²) in [5, 5.41) is 6.26. The number of furan rings is 1. The number of piperazine rings is 1. The maximum Gasteiger partial charge on any atom is 0.286 e. The van der Waals surface area contributed by atoms with Crippen LogP contribution in [0.4, 0.5) is 0 Å². The lowest BCUT2D eigenvalue weighted by molar-refractivity contribution is 0.0919. The van der Waals surface area contributed by atoms with E-state index in [0.717, 1.165) is 50.5 Å². The van der Waals surface area contributed by atoms with E-state index < -0.39 is 0 Å². The zero-order valence-electron chi connectivity index (χ0n) is 16.2. The van der Waals surface area contributed by atoms with Crippen LogP contribution in [0.1, 0.15) is 33.9 Å². The predicted octanol–water partition coefficient (Wildman–Crippen LogP) is 2.50. The van der Waals surface area contributed by atoms with E-state index in [2.05, 4.69) is 28.5 Å². The molecule has 0 unspecified atom stereocenters. The monoisotopic (exact) mass is 371 g/mol. The summed E-state index contributed by atoms with van der Waals surface area (Å²) in [6.07, 6.45) is 0.940. The van der Waals surface area contributed by atoms with Gasteiger partial charge in [0.15, 0.2) is 5.76 Å². The maximum atomic E-state index is 12.2. The standard InChI is InChI=1S/C21H29N3O3/c1-16-4-6-19(17(2)14-16)26-15-18-5-7-20(27-18)21(25)23-8-3-11-24-12-9-22-10-13-24/h4-7,14,22H,3,8-13,15H2,1-2H3,(H,23,25). The van der Waals surface area contributed by atoms with Gasteiger partial charge in [-0.15, -0.1) is 0 Å². The minimum absolute atomic E-state index is 0.173.